The van der Waals surface area contributed by atoms with Gasteiger partial charge in [-0.15, -0.1) is 0 Å². The molecule has 0 saturated carbocycles. The van der Waals surface area contributed by atoms with Crippen LogP contribution in [0.3, 0.4) is 0 Å². The third-order valence-electron chi connectivity index (χ3n) is 7.39. The smallest absolute Gasteiger partial charge is 0.334 e. The van der Waals surface area contributed by atoms with Crippen LogP contribution in [0.2, 0.25) is 0 Å². The number of fused-ring (bicyclic) bond motifs is 1. The summed E-state index contributed by atoms with van der Waals surface area (Å²) in [6.45, 7) is 1.27. The van der Waals surface area contributed by atoms with E-state index >= 15 is 0 Å². The lowest BCUT2D eigenvalue weighted by Gasteiger charge is -2.54. The Hall–Kier alpha value is -4.28. The van der Waals surface area contributed by atoms with Crippen LogP contribution in [0.25, 0.3) is 0 Å². The minimum absolute atomic E-state index is 0.0192. The summed E-state index contributed by atoms with van der Waals surface area (Å²) in [6, 6.07) is 24.1. The molecule has 214 valence electrons. The lowest BCUT2D eigenvalue weighted by atomic mass is 9.99. The summed E-state index contributed by atoms with van der Waals surface area (Å²) in [7, 11) is 1.70. The lowest BCUT2D eigenvalue weighted by molar-refractivity contribution is -0.187. The Morgan fingerprint density at radius 3 is 2.27 bits per heavy atom. The summed E-state index contributed by atoms with van der Waals surface area (Å²) in [5.74, 6) is -0.699. The van der Waals surface area contributed by atoms with Crippen LogP contribution in [-0.4, -0.2) is 83.2 Å². The van der Waals surface area contributed by atoms with Crippen molar-refractivity contribution in [1.82, 2.24) is 25.1 Å². The Morgan fingerprint density at radius 1 is 0.927 bits per heavy atom. The Morgan fingerprint density at radius 2 is 1.59 bits per heavy atom. The highest BCUT2D eigenvalue weighted by atomic mass is 19.1. The van der Waals surface area contributed by atoms with Crippen LogP contribution in [0, 0.1) is 5.82 Å². The molecular weight excluding hydrogens is 525 g/mol. The number of nitrogens with one attached hydrogen (secondary N) is 1. The van der Waals surface area contributed by atoms with Crippen molar-refractivity contribution in [3.63, 3.8) is 0 Å². The van der Waals surface area contributed by atoms with Crippen molar-refractivity contribution in [3.8, 4) is 0 Å². The van der Waals surface area contributed by atoms with E-state index in [-0.39, 0.29) is 56.5 Å². The maximum atomic E-state index is 13.8. The average Bonchev–Trinajstić information content (AvgIpc) is 2.98. The third-order valence-corrected chi connectivity index (χ3v) is 7.39. The van der Waals surface area contributed by atoms with E-state index in [0.29, 0.717) is 13.0 Å². The molecule has 2 saturated heterocycles. The molecule has 2 aliphatic rings. The zero-order chi connectivity index (χ0) is 28.8. The van der Waals surface area contributed by atoms with Crippen molar-refractivity contribution in [1.29, 1.82) is 0 Å². The Kier molecular flexibility index (Phi) is 8.91. The second-order valence-electron chi connectivity index (χ2n) is 10.3. The van der Waals surface area contributed by atoms with Crippen LogP contribution in [0.4, 0.5) is 9.18 Å². The Labute approximate surface area is 239 Å². The molecule has 2 heterocycles. The van der Waals surface area contributed by atoms with Crippen molar-refractivity contribution < 1.29 is 23.5 Å². The van der Waals surface area contributed by atoms with E-state index in [2.05, 4.69) is 5.32 Å². The number of hydrogen-bond donors (Lipinski definition) is 1. The molecule has 3 aromatic carbocycles. The first-order chi connectivity index (χ1) is 19.9. The standard InChI is InChI=1S/C31H34FN5O4/c1-34-21-29(38)36-27(18-23-8-4-2-5-9-23)30(39)35(16-17-41-22-25-12-14-26(32)15-13-25)20-28(36)37(34)31(40)33-19-24-10-6-3-7-11-24/h2-15,27-28H,16-22H2,1H3,(H,33,40)/t27-,28-/m0/s1. The van der Waals surface area contributed by atoms with Crippen LogP contribution in [0.5, 0.6) is 0 Å². The second kappa shape index (κ2) is 12.9. The molecule has 2 fully saturated rings. The van der Waals surface area contributed by atoms with Gasteiger partial charge in [-0.05, 0) is 28.8 Å². The van der Waals surface area contributed by atoms with Crippen LogP contribution in [-0.2, 0) is 33.9 Å². The number of amides is 4. The number of halogens is 1. The fourth-order valence-electron chi connectivity index (χ4n) is 5.34. The van der Waals surface area contributed by atoms with Crippen LogP contribution < -0.4 is 5.32 Å². The van der Waals surface area contributed by atoms with Crippen LogP contribution in [0.15, 0.2) is 84.9 Å². The molecule has 0 spiro atoms. The van der Waals surface area contributed by atoms with Gasteiger partial charge >= 0.3 is 6.03 Å². The first-order valence-electron chi connectivity index (χ1n) is 13.7. The first kappa shape index (κ1) is 28.3. The van der Waals surface area contributed by atoms with Gasteiger partial charge in [-0.3, -0.25) is 9.59 Å². The summed E-state index contributed by atoms with van der Waals surface area (Å²) < 4.78 is 19.0. The summed E-state index contributed by atoms with van der Waals surface area (Å²) in [4.78, 5) is 44.0. The van der Waals surface area contributed by atoms with E-state index in [9.17, 15) is 18.8 Å². The van der Waals surface area contributed by atoms with Gasteiger partial charge in [0.15, 0.2) is 0 Å². The number of benzene rings is 3. The van der Waals surface area contributed by atoms with E-state index in [4.69, 9.17) is 4.74 Å². The van der Waals surface area contributed by atoms with Crippen molar-refractivity contribution >= 4 is 17.8 Å². The molecule has 9 nitrogen and oxygen atoms in total. The van der Waals surface area contributed by atoms with Gasteiger partial charge in [-0.2, -0.15) is 0 Å². The monoisotopic (exact) mass is 559 g/mol. The number of piperazine rings is 1. The van der Waals surface area contributed by atoms with E-state index in [1.54, 1.807) is 39.0 Å². The summed E-state index contributed by atoms with van der Waals surface area (Å²) in [5.41, 5.74) is 2.70. The largest absolute Gasteiger partial charge is 0.375 e. The fourth-order valence-corrected chi connectivity index (χ4v) is 5.34. The minimum atomic E-state index is -0.765. The number of carbonyl (C=O) groups is 3. The number of ether oxygens (including phenoxy) is 1. The first-order valence-corrected chi connectivity index (χ1v) is 13.7. The summed E-state index contributed by atoms with van der Waals surface area (Å²) >= 11 is 0. The van der Waals surface area contributed by atoms with Gasteiger partial charge in [0.25, 0.3) is 0 Å². The van der Waals surface area contributed by atoms with E-state index < -0.39 is 12.2 Å². The van der Waals surface area contributed by atoms with Crippen LogP contribution in [0.1, 0.15) is 16.7 Å². The topological polar surface area (TPSA) is 85.4 Å². The summed E-state index contributed by atoms with van der Waals surface area (Å²) in [6.07, 6.45) is -0.349. The Balaban J connectivity index is 1.34. The normalized spacial score (nSPS) is 19.3. The molecule has 0 unspecified atom stereocenters. The van der Waals surface area contributed by atoms with Gasteiger partial charge in [-0.25, -0.2) is 19.2 Å². The molecule has 4 amide bonds. The maximum Gasteiger partial charge on any atom is 0.334 e. The maximum absolute atomic E-state index is 13.8. The van der Waals surface area contributed by atoms with Gasteiger partial charge in [0, 0.05) is 26.6 Å². The van der Waals surface area contributed by atoms with Crippen molar-refractivity contribution in [2.45, 2.75) is 31.8 Å². The number of hydrazine groups is 1. The number of rotatable bonds is 9. The van der Waals surface area contributed by atoms with E-state index in [1.807, 2.05) is 60.7 Å². The Bertz CT molecular complexity index is 1340. The molecule has 0 aromatic heterocycles. The third kappa shape index (κ3) is 6.72. The highest BCUT2D eigenvalue weighted by Gasteiger charge is 2.50. The van der Waals surface area contributed by atoms with Gasteiger partial charge in [0.05, 0.1) is 26.3 Å². The molecule has 0 radical (unpaired) electrons. The highest BCUT2D eigenvalue weighted by molar-refractivity contribution is 5.91. The zero-order valence-corrected chi connectivity index (χ0v) is 23.0. The highest BCUT2D eigenvalue weighted by Crippen LogP contribution is 2.27. The molecule has 2 atom stereocenters. The molecule has 0 bridgehead atoms. The average molecular weight is 560 g/mol. The molecule has 3 aromatic rings. The van der Waals surface area contributed by atoms with Gasteiger partial charge in [0.1, 0.15) is 18.0 Å². The summed E-state index contributed by atoms with van der Waals surface area (Å²) in [5, 5.41) is 6.12. The minimum Gasteiger partial charge on any atom is -0.375 e. The number of carbonyl (C=O) groups excluding carboxylic acids is 3. The molecule has 1 N–H and O–H groups in total. The van der Waals surface area contributed by atoms with E-state index in [0.717, 1.165) is 16.7 Å². The zero-order valence-electron chi connectivity index (χ0n) is 23.0. The van der Waals surface area contributed by atoms with Crippen molar-refractivity contribution in [2.75, 3.05) is 33.3 Å². The predicted octanol–water partition coefficient (Wildman–Crippen LogP) is 3.02. The molecular formula is C31H34FN5O4. The second-order valence-corrected chi connectivity index (χ2v) is 10.3. The van der Waals surface area contributed by atoms with Gasteiger partial charge < -0.3 is 19.9 Å². The molecule has 41 heavy (non-hydrogen) atoms. The molecule has 2 aliphatic heterocycles. The van der Waals surface area contributed by atoms with Gasteiger partial charge in [0.2, 0.25) is 11.8 Å². The molecule has 5 rings (SSSR count). The predicted molar refractivity (Wildman–Crippen MR) is 150 cm³/mol. The van der Waals surface area contributed by atoms with Crippen LogP contribution >= 0.6 is 0 Å². The lowest BCUT2D eigenvalue weighted by Crippen LogP contribution is -2.76. The number of nitrogens with zero attached hydrogens (tertiary/aromatic N) is 4. The SMILES string of the molecule is CN1CC(=O)N2[C@@H](Cc3ccccc3)C(=O)N(CCOCc3ccc(F)cc3)C[C@@H]2N1C(=O)NCc1ccccc1. The van der Waals surface area contributed by atoms with Crippen molar-refractivity contribution in [2.24, 2.45) is 0 Å². The fraction of sp³-hybridized carbons (Fsp3) is 0.323. The molecule has 0 aliphatic carbocycles. The quantitative estimate of drug-likeness (QED) is 0.408. The van der Waals surface area contributed by atoms with Crippen molar-refractivity contribution in [3.05, 3.63) is 107 Å². The molecule has 10 heteroatoms. The number of urea groups is 1. The number of hydrogen-bond acceptors (Lipinski definition) is 5. The van der Waals surface area contributed by atoms with E-state index in [1.165, 1.54) is 12.1 Å². The van der Waals surface area contributed by atoms with Gasteiger partial charge in [-0.1, -0.05) is 72.8 Å². The number of likely N-dealkylation sites (N-methyl/N-ethyl adjacent to an activating group) is 1.